The van der Waals surface area contributed by atoms with Crippen LogP contribution in [0.1, 0.15) is 0 Å². The van der Waals surface area contributed by atoms with E-state index in [0.29, 0.717) is 0 Å². The molecule has 0 heterocycles. The predicted octanol–water partition coefficient (Wildman–Crippen LogP) is 3.49. The Balaban J connectivity index is 2.69. The Morgan fingerprint density at radius 1 is 0.706 bits per heavy atom. The zero-order chi connectivity index (χ0) is 12.6. The summed E-state index contributed by atoms with van der Waals surface area (Å²) in [5, 5.41) is 0. The number of rotatable bonds is 1. The van der Waals surface area contributed by atoms with Crippen LogP contribution in [-0.2, 0) is 0 Å². The van der Waals surface area contributed by atoms with Gasteiger partial charge in [0.05, 0.1) is 0 Å². The minimum absolute atomic E-state index is 0.200. The summed E-state index contributed by atoms with van der Waals surface area (Å²) in [5.74, 6) is -5.15. The Bertz CT molecular complexity index is 581. The smallest absolute Gasteiger partial charge is 0.195 e. The molecule has 0 amide bonds. The van der Waals surface area contributed by atoms with Crippen LogP contribution >= 0.6 is 0 Å². The lowest BCUT2D eigenvalue weighted by Crippen LogP contribution is -1.96. The molecule has 2 aromatic carbocycles. The molecule has 0 bridgehead atoms. The molecule has 88 valence electrons. The van der Waals surface area contributed by atoms with E-state index >= 15 is 0 Å². The molecule has 0 fully saturated rings. The van der Waals surface area contributed by atoms with Gasteiger partial charge in [0, 0.05) is 16.8 Å². The first-order valence-electron chi connectivity index (χ1n) is 4.69. The molecule has 5 heteroatoms. The molecule has 0 radical (unpaired) electrons. The minimum Gasteiger partial charge on any atom is -0.399 e. The van der Waals surface area contributed by atoms with Crippen LogP contribution in [0, 0.1) is 23.3 Å². The van der Waals surface area contributed by atoms with Crippen molar-refractivity contribution in [3.8, 4) is 11.1 Å². The molecule has 2 aromatic rings. The molecule has 0 aliphatic rings. The van der Waals surface area contributed by atoms with E-state index < -0.39 is 23.3 Å². The van der Waals surface area contributed by atoms with Gasteiger partial charge in [0.2, 0.25) is 0 Å². The van der Waals surface area contributed by atoms with Gasteiger partial charge in [-0.15, -0.1) is 0 Å². The van der Waals surface area contributed by atoms with Crippen LogP contribution in [0.15, 0.2) is 30.3 Å². The number of halogens is 4. The van der Waals surface area contributed by atoms with Gasteiger partial charge in [0.25, 0.3) is 0 Å². The average Bonchev–Trinajstić information content (AvgIpc) is 2.30. The molecule has 0 saturated heterocycles. The third-order valence-corrected chi connectivity index (χ3v) is 2.32. The van der Waals surface area contributed by atoms with E-state index in [1.807, 2.05) is 0 Å². The summed E-state index contributed by atoms with van der Waals surface area (Å²) in [6.07, 6.45) is 0. The van der Waals surface area contributed by atoms with E-state index in [-0.39, 0.29) is 16.8 Å². The van der Waals surface area contributed by atoms with Crippen molar-refractivity contribution in [2.24, 2.45) is 0 Å². The third kappa shape index (κ3) is 1.95. The molecule has 17 heavy (non-hydrogen) atoms. The highest BCUT2D eigenvalue weighted by molar-refractivity contribution is 5.68. The van der Waals surface area contributed by atoms with E-state index in [9.17, 15) is 17.6 Å². The highest BCUT2D eigenvalue weighted by atomic mass is 19.2. The maximum atomic E-state index is 13.4. The van der Waals surface area contributed by atoms with Crippen LogP contribution in [0.5, 0.6) is 0 Å². The predicted molar refractivity (Wildman–Crippen MR) is 56.1 cm³/mol. The van der Waals surface area contributed by atoms with Gasteiger partial charge in [-0.1, -0.05) is 0 Å². The molecule has 2 rings (SSSR count). The molecule has 1 nitrogen and oxygen atoms in total. The molecule has 0 atom stereocenters. The first-order chi connectivity index (χ1) is 8.00. The highest BCUT2D eigenvalue weighted by Gasteiger charge is 2.17. The first-order valence-corrected chi connectivity index (χ1v) is 4.69. The standard InChI is InChI=1S/C12H7F4N/c13-9-3-1-6(17)5-8(9)7-2-4-10(14)12(16)11(7)15/h1-5H,17H2. The van der Waals surface area contributed by atoms with Crippen molar-refractivity contribution in [2.45, 2.75) is 0 Å². The molecule has 0 aliphatic heterocycles. The average molecular weight is 241 g/mol. The normalized spacial score (nSPS) is 10.6. The van der Waals surface area contributed by atoms with Gasteiger partial charge in [0.15, 0.2) is 17.5 Å². The monoisotopic (exact) mass is 241 g/mol. The fourth-order valence-electron chi connectivity index (χ4n) is 1.48. The van der Waals surface area contributed by atoms with E-state index in [1.165, 1.54) is 6.07 Å². The summed E-state index contributed by atoms with van der Waals surface area (Å²) in [6.45, 7) is 0. The molecule has 0 unspecified atom stereocenters. The van der Waals surface area contributed by atoms with Gasteiger partial charge in [-0.25, -0.2) is 17.6 Å². The number of benzene rings is 2. The van der Waals surface area contributed by atoms with E-state index in [4.69, 9.17) is 5.73 Å². The van der Waals surface area contributed by atoms with Gasteiger partial charge in [-0.05, 0) is 30.3 Å². The van der Waals surface area contributed by atoms with Gasteiger partial charge < -0.3 is 5.73 Å². The molecular weight excluding hydrogens is 234 g/mol. The largest absolute Gasteiger partial charge is 0.399 e. The topological polar surface area (TPSA) is 26.0 Å². The SMILES string of the molecule is Nc1ccc(F)c(-c2ccc(F)c(F)c2F)c1. The fourth-order valence-corrected chi connectivity index (χ4v) is 1.48. The van der Waals surface area contributed by atoms with Crippen LogP contribution in [0.25, 0.3) is 11.1 Å². The Labute approximate surface area is 94.5 Å². The van der Waals surface area contributed by atoms with Crippen LogP contribution in [0.2, 0.25) is 0 Å². The van der Waals surface area contributed by atoms with Crippen molar-refractivity contribution < 1.29 is 17.6 Å². The highest BCUT2D eigenvalue weighted by Crippen LogP contribution is 2.29. The molecule has 0 spiro atoms. The number of nitrogens with two attached hydrogens (primary N) is 1. The Kier molecular flexibility index (Phi) is 2.75. The summed E-state index contributed by atoms with van der Waals surface area (Å²) in [4.78, 5) is 0. The van der Waals surface area contributed by atoms with Crippen molar-refractivity contribution in [3.05, 3.63) is 53.6 Å². The Morgan fingerprint density at radius 2 is 1.35 bits per heavy atom. The number of nitrogen functional groups attached to an aromatic ring is 1. The zero-order valence-corrected chi connectivity index (χ0v) is 8.48. The summed E-state index contributed by atoms with van der Waals surface area (Å²) >= 11 is 0. The number of hydrogen-bond acceptors (Lipinski definition) is 1. The minimum atomic E-state index is -1.63. The quantitative estimate of drug-likeness (QED) is 0.461. The van der Waals surface area contributed by atoms with Crippen LogP contribution in [0.3, 0.4) is 0 Å². The van der Waals surface area contributed by atoms with Crippen LogP contribution in [-0.4, -0.2) is 0 Å². The van der Waals surface area contributed by atoms with Gasteiger partial charge in [0.1, 0.15) is 5.82 Å². The maximum Gasteiger partial charge on any atom is 0.195 e. The lowest BCUT2D eigenvalue weighted by Gasteiger charge is -2.07. The fraction of sp³-hybridized carbons (Fsp3) is 0. The van der Waals surface area contributed by atoms with E-state index in [1.54, 1.807) is 0 Å². The number of hydrogen-bond donors (Lipinski definition) is 1. The zero-order valence-electron chi connectivity index (χ0n) is 8.48. The second kappa shape index (κ2) is 4.08. The summed E-state index contributed by atoms with van der Waals surface area (Å²) in [7, 11) is 0. The lowest BCUT2D eigenvalue weighted by atomic mass is 10.0. The van der Waals surface area contributed by atoms with Crippen LogP contribution < -0.4 is 5.73 Å². The molecule has 0 saturated carbocycles. The third-order valence-electron chi connectivity index (χ3n) is 2.32. The van der Waals surface area contributed by atoms with Crippen LogP contribution in [0.4, 0.5) is 23.2 Å². The van der Waals surface area contributed by atoms with Crippen molar-refractivity contribution in [1.29, 1.82) is 0 Å². The van der Waals surface area contributed by atoms with Crippen molar-refractivity contribution in [3.63, 3.8) is 0 Å². The molecule has 2 N–H and O–H groups in total. The van der Waals surface area contributed by atoms with E-state index in [0.717, 1.165) is 24.3 Å². The summed E-state index contributed by atoms with van der Waals surface area (Å²) in [5.41, 5.74) is 5.05. The summed E-state index contributed by atoms with van der Waals surface area (Å²) in [6, 6.07) is 5.18. The second-order valence-corrected chi connectivity index (χ2v) is 3.46. The van der Waals surface area contributed by atoms with Crippen molar-refractivity contribution >= 4 is 5.69 Å². The second-order valence-electron chi connectivity index (χ2n) is 3.46. The maximum absolute atomic E-state index is 13.4. The van der Waals surface area contributed by atoms with E-state index in [2.05, 4.69) is 0 Å². The lowest BCUT2D eigenvalue weighted by molar-refractivity contribution is 0.448. The Morgan fingerprint density at radius 3 is 2.06 bits per heavy atom. The van der Waals surface area contributed by atoms with Gasteiger partial charge in [-0.2, -0.15) is 0 Å². The van der Waals surface area contributed by atoms with Gasteiger partial charge >= 0.3 is 0 Å². The first kappa shape index (κ1) is 11.4. The molecule has 0 aromatic heterocycles. The number of anilines is 1. The van der Waals surface area contributed by atoms with Crippen molar-refractivity contribution in [2.75, 3.05) is 5.73 Å². The van der Waals surface area contributed by atoms with Gasteiger partial charge in [-0.3, -0.25) is 0 Å². The van der Waals surface area contributed by atoms with Crippen molar-refractivity contribution in [1.82, 2.24) is 0 Å². The summed E-state index contributed by atoms with van der Waals surface area (Å²) < 4.78 is 52.6. The molecular formula is C12H7F4N. The Hall–Kier alpha value is -2.04. The molecule has 0 aliphatic carbocycles.